The minimum atomic E-state index is -0.357. The number of rotatable bonds is 21. The topological polar surface area (TPSA) is 57.1 Å². The molecule has 0 unspecified atom stereocenters. The molecule has 0 spiro atoms. The van der Waals surface area contributed by atoms with Gasteiger partial charge in [0, 0.05) is 12.3 Å². The minimum Gasteiger partial charge on any atom is -0.494 e. The Kier molecular flexibility index (Phi) is 16.3. The molecule has 0 fully saturated rings. The molecule has 0 aliphatic rings. The van der Waals surface area contributed by atoms with E-state index in [1.165, 1.54) is 51.0 Å². The lowest BCUT2D eigenvalue weighted by Crippen LogP contribution is -2.02. The zero-order chi connectivity index (χ0) is 26.4. The second-order valence-electron chi connectivity index (χ2n) is 9.28. The molecule has 0 aliphatic heterocycles. The number of unbranched alkanes of at least 4 members (excludes halogenated alkanes) is 10. The Hall–Kier alpha value is -3.08. The van der Waals surface area contributed by atoms with E-state index in [1.54, 1.807) is 0 Å². The van der Waals surface area contributed by atoms with Gasteiger partial charge in [0.1, 0.15) is 11.5 Å². The molecule has 0 aromatic heterocycles. The zero-order valence-electron chi connectivity index (χ0n) is 22.7. The van der Waals surface area contributed by atoms with Crippen molar-refractivity contribution in [2.45, 2.75) is 84.0 Å². The van der Waals surface area contributed by atoms with Gasteiger partial charge in [-0.3, -0.25) is 4.99 Å². The molecule has 0 aliphatic carbocycles. The summed E-state index contributed by atoms with van der Waals surface area (Å²) < 4.78 is 16.7. The van der Waals surface area contributed by atoms with Crippen LogP contribution in [0.5, 0.6) is 11.5 Å². The summed E-state index contributed by atoms with van der Waals surface area (Å²) in [5, 5.41) is 0. The molecular formula is C32H45NO4. The van der Waals surface area contributed by atoms with Crippen LogP contribution in [0.15, 0.2) is 66.2 Å². The molecule has 2 aromatic carbocycles. The highest BCUT2D eigenvalue weighted by Crippen LogP contribution is 2.19. The highest BCUT2D eigenvalue weighted by Gasteiger charge is 1.99. The third kappa shape index (κ3) is 14.9. The van der Waals surface area contributed by atoms with E-state index in [0.717, 1.165) is 61.5 Å². The Bertz CT molecular complexity index is 890. The summed E-state index contributed by atoms with van der Waals surface area (Å²) in [6.07, 6.45) is 17.4. The summed E-state index contributed by atoms with van der Waals surface area (Å²) in [6, 6.07) is 15.9. The maximum Gasteiger partial charge on any atom is 0.330 e. The largest absolute Gasteiger partial charge is 0.494 e. The molecule has 202 valence electrons. The van der Waals surface area contributed by atoms with Crippen LogP contribution < -0.4 is 9.47 Å². The number of hydrogen-bond donors (Lipinski definition) is 0. The van der Waals surface area contributed by atoms with E-state index in [9.17, 15) is 4.79 Å². The smallest absolute Gasteiger partial charge is 0.330 e. The van der Waals surface area contributed by atoms with Gasteiger partial charge in [0.25, 0.3) is 0 Å². The van der Waals surface area contributed by atoms with E-state index in [-0.39, 0.29) is 5.97 Å². The quantitative estimate of drug-likeness (QED) is 0.0734. The summed E-state index contributed by atoms with van der Waals surface area (Å²) >= 11 is 0. The van der Waals surface area contributed by atoms with Crippen LogP contribution in [-0.2, 0) is 9.53 Å². The number of esters is 1. The molecule has 5 nitrogen and oxygen atoms in total. The van der Waals surface area contributed by atoms with Gasteiger partial charge in [0.15, 0.2) is 0 Å². The molecule has 0 saturated carbocycles. The predicted molar refractivity (Wildman–Crippen MR) is 153 cm³/mol. The second kappa shape index (κ2) is 20.0. The van der Waals surface area contributed by atoms with E-state index in [0.29, 0.717) is 13.2 Å². The molecule has 0 radical (unpaired) electrons. The van der Waals surface area contributed by atoms with E-state index >= 15 is 0 Å². The first-order valence-corrected chi connectivity index (χ1v) is 14.0. The Balaban J connectivity index is 1.56. The van der Waals surface area contributed by atoms with Gasteiger partial charge < -0.3 is 14.2 Å². The fourth-order valence-electron chi connectivity index (χ4n) is 3.83. The van der Waals surface area contributed by atoms with Crippen LogP contribution in [0.4, 0.5) is 5.69 Å². The van der Waals surface area contributed by atoms with Crippen molar-refractivity contribution >= 4 is 17.9 Å². The molecular weight excluding hydrogens is 462 g/mol. The van der Waals surface area contributed by atoms with Crippen LogP contribution in [0.2, 0.25) is 0 Å². The number of nitrogens with zero attached hydrogens (tertiary/aromatic N) is 1. The van der Waals surface area contributed by atoms with E-state index in [1.807, 2.05) is 54.7 Å². The molecule has 0 saturated heterocycles. The van der Waals surface area contributed by atoms with Gasteiger partial charge in [-0.15, -0.1) is 0 Å². The first kappa shape index (κ1) is 30.1. The molecule has 0 N–H and O–H groups in total. The number of hydrogen-bond acceptors (Lipinski definition) is 5. The predicted octanol–water partition coefficient (Wildman–Crippen LogP) is 8.63. The molecule has 2 aromatic rings. The SMILES string of the molecule is C=CC(=O)OCCCCCCOc1ccc(C=Nc2ccc(OCCCCCCCCCC)cc2)cc1. The first-order chi connectivity index (χ1) is 18.2. The van der Waals surface area contributed by atoms with Crippen LogP contribution in [0, 0.1) is 0 Å². The summed E-state index contributed by atoms with van der Waals surface area (Å²) in [4.78, 5) is 15.5. The third-order valence-corrected chi connectivity index (χ3v) is 6.06. The second-order valence-corrected chi connectivity index (χ2v) is 9.28. The van der Waals surface area contributed by atoms with Crippen molar-refractivity contribution in [3.8, 4) is 11.5 Å². The fraction of sp³-hybridized carbons (Fsp3) is 0.500. The number of carbonyl (C=O) groups excluding carboxylic acids is 1. The molecule has 37 heavy (non-hydrogen) atoms. The average molecular weight is 508 g/mol. The highest BCUT2D eigenvalue weighted by atomic mass is 16.5. The van der Waals surface area contributed by atoms with Crippen molar-refractivity contribution in [2.75, 3.05) is 19.8 Å². The van der Waals surface area contributed by atoms with E-state index < -0.39 is 0 Å². The van der Waals surface area contributed by atoms with Crippen molar-refractivity contribution in [1.82, 2.24) is 0 Å². The van der Waals surface area contributed by atoms with Gasteiger partial charge in [-0.25, -0.2) is 4.79 Å². The molecule has 0 amide bonds. The Labute approximate surface area is 223 Å². The molecule has 5 heteroatoms. The van der Waals surface area contributed by atoms with Gasteiger partial charge in [0.05, 0.1) is 25.5 Å². The first-order valence-electron chi connectivity index (χ1n) is 14.0. The molecule has 0 bridgehead atoms. The Morgan fingerprint density at radius 3 is 1.73 bits per heavy atom. The lowest BCUT2D eigenvalue weighted by Gasteiger charge is -2.07. The Morgan fingerprint density at radius 2 is 1.19 bits per heavy atom. The number of benzene rings is 2. The lowest BCUT2D eigenvalue weighted by molar-refractivity contribution is -0.137. The highest BCUT2D eigenvalue weighted by molar-refractivity contribution is 5.82. The number of carbonyl (C=O) groups is 1. The standard InChI is InChI=1S/C32H45NO4/c1-3-5-6-7-8-9-10-13-24-36-31-22-18-29(19-23-31)33-27-28-16-20-30(21-17-28)35-25-14-11-12-15-26-37-32(34)4-2/h4,16-23,27H,2-3,5-15,24-26H2,1H3. The van der Waals surface area contributed by atoms with Gasteiger partial charge in [0.2, 0.25) is 0 Å². The van der Waals surface area contributed by atoms with Crippen LogP contribution in [0.3, 0.4) is 0 Å². The maximum absolute atomic E-state index is 11.0. The van der Waals surface area contributed by atoms with Crippen LogP contribution in [0.1, 0.15) is 89.5 Å². The normalized spacial score (nSPS) is 10.9. The number of aliphatic imine (C=N–C) groups is 1. The van der Waals surface area contributed by atoms with Crippen molar-refractivity contribution in [3.05, 3.63) is 66.7 Å². The summed E-state index contributed by atoms with van der Waals surface area (Å²) in [7, 11) is 0. The van der Waals surface area contributed by atoms with Gasteiger partial charge in [-0.1, -0.05) is 58.4 Å². The van der Waals surface area contributed by atoms with Crippen LogP contribution in [0.25, 0.3) is 0 Å². The van der Waals surface area contributed by atoms with Crippen molar-refractivity contribution in [3.63, 3.8) is 0 Å². The van der Waals surface area contributed by atoms with E-state index in [2.05, 4.69) is 18.5 Å². The number of ether oxygens (including phenoxy) is 3. The van der Waals surface area contributed by atoms with Crippen molar-refractivity contribution in [2.24, 2.45) is 4.99 Å². The zero-order valence-corrected chi connectivity index (χ0v) is 22.7. The fourth-order valence-corrected chi connectivity index (χ4v) is 3.83. The molecule has 0 heterocycles. The van der Waals surface area contributed by atoms with Crippen molar-refractivity contribution < 1.29 is 19.0 Å². The van der Waals surface area contributed by atoms with E-state index in [4.69, 9.17) is 14.2 Å². The molecule has 2 rings (SSSR count). The average Bonchev–Trinajstić information content (AvgIpc) is 2.93. The molecule has 0 atom stereocenters. The van der Waals surface area contributed by atoms with Gasteiger partial charge in [-0.2, -0.15) is 0 Å². The van der Waals surface area contributed by atoms with Crippen LogP contribution in [-0.4, -0.2) is 32.0 Å². The minimum absolute atomic E-state index is 0.357. The summed E-state index contributed by atoms with van der Waals surface area (Å²) in [6.45, 7) is 7.54. The van der Waals surface area contributed by atoms with Gasteiger partial charge in [-0.05, 0) is 86.2 Å². The monoisotopic (exact) mass is 507 g/mol. The maximum atomic E-state index is 11.0. The van der Waals surface area contributed by atoms with Crippen LogP contribution >= 0.6 is 0 Å². The van der Waals surface area contributed by atoms with Gasteiger partial charge >= 0.3 is 5.97 Å². The van der Waals surface area contributed by atoms with Crippen molar-refractivity contribution in [1.29, 1.82) is 0 Å². The summed E-state index contributed by atoms with van der Waals surface area (Å²) in [5.41, 5.74) is 1.93. The lowest BCUT2D eigenvalue weighted by atomic mass is 10.1. The summed E-state index contributed by atoms with van der Waals surface area (Å²) in [5.74, 6) is 1.40. The Morgan fingerprint density at radius 1 is 0.703 bits per heavy atom. The third-order valence-electron chi connectivity index (χ3n) is 6.06.